The molecule has 7 atom stereocenters. The fourth-order valence-corrected chi connectivity index (χ4v) is 7.41. The van der Waals surface area contributed by atoms with Crippen molar-refractivity contribution in [1.29, 1.82) is 0 Å². The van der Waals surface area contributed by atoms with E-state index in [0.29, 0.717) is 23.0 Å². The molecule has 2 nitrogen and oxygen atoms in total. The quantitative estimate of drug-likeness (QED) is 0.758. The highest BCUT2D eigenvalue weighted by Crippen LogP contribution is 2.66. The van der Waals surface area contributed by atoms with Crippen molar-refractivity contribution in [2.75, 3.05) is 0 Å². The number of ketones is 1. The zero-order valence-corrected chi connectivity index (χ0v) is 15.2. The van der Waals surface area contributed by atoms with Gasteiger partial charge < -0.3 is 5.11 Å². The highest BCUT2D eigenvalue weighted by atomic mass is 16.3. The SMILES string of the molecule is CC[C@]1(O)CC[C@@]2(C)[C@@H](CC[C@H]3[C@H]2CC[C@]2(C)C(=O)CC[C@H]32)C1. The largest absolute Gasteiger partial charge is 0.390 e. The van der Waals surface area contributed by atoms with Crippen LogP contribution in [0.5, 0.6) is 0 Å². The molecule has 0 heterocycles. The number of fused-ring (bicyclic) bond motifs is 5. The predicted molar refractivity (Wildman–Crippen MR) is 92.0 cm³/mol. The predicted octanol–water partition coefficient (Wildman–Crippen LogP) is 4.74. The standard InChI is InChI=1S/C21H34O2/c1-4-21(23)12-11-19(2)14(13-21)5-6-15-16-7-8-18(22)20(16,3)10-9-17(15)19/h14-17,23H,4-13H2,1-3H3/t14-,15+,16+,17+,19-,20-,21-/m0/s1. The monoisotopic (exact) mass is 318 g/mol. The average Bonchev–Trinajstić information content (AvgIpc) is 2.84. The third-order valence-corrected chi connectivity index (χ3v) is 9.19. The second-order valence-corrected chi connectivity index (χ2v) is 9.86. The van der Waals surface area contributed by atoms with E-state index in [9.17, 15) is 9.90 Å². The molecule has 2 heteroatoms. The zero-order chi connectivity index (χ0) is 16.5. The van der Waals surface area contributed by atoms with Gasteiger partial charge in [0.25, 0.3) is 0 Å². The first-order valence-electron chi connectivity index (χ1n) is 10.1. The maximum Gasteiger partial charge on any atom is 0.139 e. The molecule has 0 aromatic heterocycles. The van der Waals surface area contributed by atoms with Gasteiger partial charge in [-0.15, -0.1) is 0 Å². The average molecular weight is 319 g/mol. The second kappa shape index (κ2) is 5.07. The number of carbonyl (C=O) groups excluding carboxylic acids is 1. The van der Waals surface area contributed by atoms with Gasteiger partial charge in [0, 0.05) is 11.8 Å². The van der Waals surface area contributed by atoms with Crippen LogP contribution in [0.3, 0.4) is 0 Å². The lowest BCUT2D eigenvalue weighted by Gasteiger charge is -2.61. The minimum Gasteiger partial charge on any atom is -0.390 e. The number of hydrogen-bond acceptors (Lipinski definition) is 2. The van der Waals surface area contributed by atoms with Crippen molar-refractivity contribution in [3.63, 3.8) is 0 Å². The highest BCUT2D eigenvalue weighted by Gasteiger charge is 2.61. The van der Waals surface area contributed by atoms with Gasteiger partial charge in [0.2, 0.25) is 0 Å². The molecule has 0 bridgehead atoms. The van der Waals surface area contributed by atoms with Crippen LogP contribution in [0, 0.1) is 34.5 Å². The molecule has 0 radical (unpaired) electrons. The van der Waals surface area contributed by atoms with Gasteiger partial charge in [-0.1, -0.05) is 20.8 Å². The fourth-order valence-electron chi connectivity index (χ4n) is 7.41. The highest BCUT2D eigenvalue weighted by molar-refractivity contribution is 5.87. The summed E-state index contributed by atoms with van der Waals surface area (Å²) in [6, 6.07) is 0. The summed E-state index contributed by atoms with van der Waals surface area (Å²) < 4.78 is 0. The molecule has 4 fully saturated rings. The third kappa shape index (κ3) is 2.12. The van der Waals surface area contributed by atoms with Crippen molar-refractivity contribution < 1.29 is 9.90 Å². The lowest BCUT2D eigenvalue weighted by Crippen LogP contribution is -2.55. The molecule has 0 saturated heterocycles. The van der Waals surface area contributed by atoms with Crippen LogP contribution in [0.15, 0.2) is 0 Å². The Morgan fingerprint density at radius 1 is 1.04 bits per heavy atom. The summed E-state index contributed by atoms with van der Waals surface area (Å²) in [5.74, 6) is 3.47. The third-order valence-electron chi connectivity index (χ3n) is 9.19. The molecule has 0 unspecified atom stereocenters. The number of rotatable bonds is 1. The fraction of sp³-hybridized carbons (Fsp3) is 0.952. The molecule has 0 spiro atoms. The molecular formula is C21H34O2. The van der Waals surface area contributed by atoms with E-state index < -0.39 is 5.60 Å². The van der Waals surface area contributed by atoms with Crippen LogP contribution in [0.25, 0.3) is 0 Å². The summed E-state index contributed by atoms with van der Waals surface area (Å²) in [5.41, 5.74) is 0.0178. The van der Waals surface area contributed by atoms with Gasteiger partial charge in [-0.3, -0.25) is 4.79 Å². The van der Waals surface area contributed by atoms with Crippen LogP contribution in [0.2, 0.25) is 0 Å². The maximum atomic E-state index is 12.5. The summed E-state index contributed by atoms with van der Waals surface area (Å²) in [5, 5.41) is 10.8. The van der Waals surface area contributed by atoms with Crippen LogP contribution in [-0.2, 0) is 4.79 Å². The molecule has 0 amide bonds. The van der Waals surface area contributed by atoms with Crippen molar-refractivity contribution in [2.24, 2.45) is 34.5 Å². The van der Waals surface area contributed by atoms with Gasteiger partial charge in [0.1, 0.15) is 5.78 Å². The minimum absolute atomic E-state index is 0.00316. The van der Waals surface area contributed by atoms with Crippen LogP contribution < -0.4 is 0 Å². The topological polar surface area (TPSA) is 37.3 Å². The lowest BCUT2D eigenvalue weighted by molar-refractivity contribution is -0.154. The molecule has 1 N–H and O–H groups in total. The lowest BCUT2D eigenvalue weighted by atomic mass is 9.44. The number of carbonyl (C=O) groups is 1. The van der Waals surface area contributed by atoms with E-state index in [4.69, 9.17) is 0 Å². The maximum absolute atomic E-state index is 12.5. The Morgan fingerprint density at radius 2 is 1.83 bits per heavy atom. The van der Waals surface area contributed by atoms with Crippen LogP contribution in [0.4, 0.5) is 0 Å². The molecule has 4 saturated carbocycles. The zero-order valence-electron chi connectivity index (χ0n) is 15.2. The summed E-state index contributed by atoms with van der Waals surface area (Å²) in [7, 11) is 0. The van der Waals surface area contributed by atoms with Gasteiger partial charge >= 0.3 is 0 Å². The Balaban J connectivity index is 1.61. The summed E-state index contributed by atoms with van der Waals surface area (Å²) in [6.45, 7) is 6.95. The normalized spacial score (nSPS) is 55.9. The van der Waals surface area contributed by atoms with E-state index >= 15 is 0 Å². The van der Waals surface area contributed by atoms with Crippen LogP contribution >= 0.6 is 0 Å². The van der Waals surface area contributed by atoms with E-state index in [1.807, 2.05) is 0 Å². The van der Waals surface area contributed by atoms with E-state index in [2.05, 4.69) is 20.8 Å². The van der Waals surface area contributed by atoms with Crippen molar-refractivity contribution in [3.8, 4) is 0 Å². The Bertz CT molecular complexity index is 514. The molecule has 4 aliphatic rings. The van der Waals surface area contributed by atoms with Crippen LogP contribution in [-0.4, -0.2) is 16.5 Å². The second-order valence-electron chi connectivity index (χ2n) is 9.86. The molecule has 0 aromatic rings. The van der Waals surface area contributed by atoms with Crippen molar-refractivity contribution in [3.05, 3.63) is 0 Å². The first-order chi connectivity index (χ1) is 10.8. The molecule has 130 valence electrons. The first kappa shape index (κ1) is 16.1. The molecular weight excluding hydrogens is 284 g/mol. The smallest absolute Gasteiger partial charge is 0.139 e. The van der Waals surface area contributed by atoms with Gasteiger partial charge in [0.05, 0.1) is 5.60 Å². The van der Waals surface area contributed by atoms with E-state index in [0.717, 1.165) is 50.4 Å². The minimum atomic E-state index is -0.399. The Kier molecular flexibility index (Phi) is 3.55. The number of hydrogen-bond donors (Lipinski definition) is 1. The van der Waals surface area contributed by atoms with E-state index in [1.54, 1.807) is 0 Å². The van der Waals surface area contributed by atoms with Crippen molar-refractivity contribution >= 4 is 5.78 Å². The molecule has 4 aliphatic carbocycles. The van der Waals surface area contributed by atoms with Gasteiger partial charge in [-0.25, -0.2) is 0 Å². The molecule has 0 aliphatic heterocycles. The molecule has 4 rings (SSSR count). The van der Waals surface area contributed by atoms with E-state index in [-0.39, 0.29) is 5.41 Å². The summed E-state index contributed by atoms with van der Waals surface area (Å²) in [6.07, 6.45) is 11.0. The van der Waals surface area contributed by atoms with Gasteiger partial charge in [-0.05, 0) is 86.9 Å². The Hall–Kier alpha value is -0.370. The van der Waals surface area contributed by atoms with Crippen molar-refractivity contribution in [2.45, 2.75) is 90.6 Å². The van der Waals surface area contributed by atoms with Gasteiger partial charge in [-0.2, -0.15) is 0 Å². The van der Waals surface area contributed by atoms with Crippen molar-refractivity contribution in [1.82, 2.24) is 0 Å². The van der Waals surface area contributed by atoms with E-state index in [1.165, 1.54) is 25.7 Å². The molecule has 0 aromatic carbocycles. The summed E-state index contributed by atoms with van der Waals surface area (Å²) >= 11 is 0. The number of Topliss-reactive ketones (excluding diaryl/α,β-unsaturated/α-hetero) is 1. The summed E-state index contributed by atoms with van der Waals surface area (Å²) in [4.78, 5) is 12.5. The Morgan fingerprint density at radius 3 is 2.57 bits per heavy atom. The van der Waals surface area contributed by atoms with Crippen LogP contribution in [0.1, 0.15) is 85.0 Å². The number of aliphatic hydroxyl groups is 1. The Labute approximate surface area is 141 Å². The first-order valence-corrected chi connectivity index (χ1v) is 10.1. The van der Waals surface area contributed by atoms with Gasteiger partial charge in [0.15, 0.2) is 0 Å². The molecule has 23 heavy (non-hydrogen) atoms.